The molecule has 1 aromatic heterocycles. The molecule has 0 saturated heterocycles. The van der Waals surface area contributed by atoms with E-state index < -0.39 is 0 Å². The highest BCUT2D eigenvalue weighted by molar-refractivity contribution is 9.10. The van der Waals surface area contributed by atoms with Gasteiger partial charge in [-0.3, -0.25) is 0 Å². The molecule has 0 atom stereocenters. The fourth-order valence-electron chi connectivity index (χ4n) is 0.971. The molecule has 1 N–H and O–H groups in total. The molecule has 0 aliphatic heterocycles. The number of nitrogens with one attached hydrogen (secondary N) is 1. The number of halogens is 3. The number of aromatic nitrogens is 2. The smallest absolute Gasteiger partial charge is 0.187 e. The molecule has 0 bridgehead atoms. The first kappa shape index (κ1) is 11.1. The predicted octanol–water partition coefficient (Wildman–Crippen LogP) is 4.35. The van der Waals surface area contributed by atoms with Crippen LogP contribution in [0.3, 0.4) is 0 Å². The highest BCUT2D eigenvalue weighted by atomic mass is 79.9. The third kappa shape index (κ3) is 2.60. The van der Waals surface area contributed by atoms with Gasteiger partial charge in [0.2, 0.25) is 0 Å². The first-order valence-electron chi connectivity index (χ1n) is 3.87. The molecule has 0 spiro atoms. The van der Waals surface area contributed by atoms with Crippen molar-refractivity contribution in [3.05, 3.63) is 32.8 Å². The summed E-state index contributed by atoms with van der Waals surface area (Å²) in [5.74, 6) is 0.546. The van der Waals surface area contributed by atoms with Gasteiger partial charge in [-0.15, -0.1) is 0 Å². The summed E-state index contributed by atoms with van der Waals surface area (Å²) in [6, 6.07) is 5.40. The molecule has 7 heteroatoms. The van der Waals surface area contributed by atoms with Crippen molar-refractivity contribution in [1.29, 1.82) is 0 Å². The van der Waals surface area contributed by atoms with E-state index in [0.29, 0.717) is 16.0 Å². The number of hydrogen-bond acceptors (Lipinski definition) is 4. The molecule has 0 unspecified atom stereocenters. The van der Waals surface area contributed by atoms with Gasteiger partial charge in [0, 0.05) is 9.50 Å². The average molecular weight is 325 g/mol. The van der Waals surface area contributed by atoms with Gasteiger partial charge in [0.05, 0.1) is 17.4 Å². The van der Waals surface area contributed by atoms with Crippen LogP contribution >= 0.6 is 50.9 Å². The number of hydrogen-bond donors (Lipinski definition) is 1. The normalized spacial score (nSPS) is 10.3. The van der Waals surface area contributed by atoms with Gasteiger partial charge in [-0.25, -0.2) is 0 Å². The number of rotatable bonds is 2. The summed E-state index contributed by atoms with van der Waals surface area (Å²) in [7, 11) is 0. The SMILES string of the molecule is Clc1ccc(Nc2nsnc2Cl)c(Br)c1. The Morgan fingerprint density at radius 2 is 2.07 bits per heavy atom. The molecular weight excluding hydrogens is 321 g/mol. The van der Waals surface area contributed by atoms with Crippen LogP contribution < -0.4 is 5.32 Å². The molecular formula is C8H4BrCl2N3S. The summed E-state index contributed by atoms with van der Waals surface area (Å²) >= 11 is 16.1. The van der Waals surface area contributed by atoms with E-state index in [1.54, 1.807) is 12.1 Å². The van der Waals surface area contributed by atoms with Crippen LogP contribution in [0, 0.1) is 0 Å². The van der Waals surface area contributed by atoms with Crippen LogP contribution in [0.25, 0.3) is 0 Å². The molecule has 78 valence electrons. The molecule has 0 amide bonds. The molecule has 0 radical (unpaired) electrons. The van der Waals surface area contributed by atoms with Crippen molar-refractivity contribution in [2.45, 2.75) is 0 Å². The lowest BCUT2D eigenvalue weighted by Crippen LogP contribution is -1.91. The van der Waals surface area contributed by atoms with Gasteiger partial charge in [0.1, 0.15) is 0 Å². The minimum absolute atomic E-state index is 0.363. The molecule has 1 aromatic carbocycles. The van der Waals surface area contributed by atoms with E-state index in [-0.39, 0.29) is 0 Å². The minimum atomic E-state index is 0.363. The molecule has 2 aromatic rings. The molecule has 2 rings (SSSR count). The van der Waals surface area contributed by atoms with Gasteiger partial charge in [-0.1, -0.05) is 23.2 Å². The summed E-state index contributed by atoms with van der Waals surface area (Å²) in [4.78, 5) is 0. The minimum Gasteiger partial charge on any atom is -0.336 e. The largest absolute Gasteiger partial charge is 0.336 e. The summed E-state index contributed by atoms with van der Waals surface area (Å²) in [5, 5.41) is 4.07. The van der Waals surface area contributed by atoms with E-state index in [4.69, 9.17) is 23.2 Å². The molecule has 0 aliphatic carbocycles. The van der Waals surface area contributed by atoms with Crippen LogP contribution in [0.15, 0.2) is 22.7 Å². The standard InChI is InChI=1S/C8H4BrCl2N3S/c9-5-3-4(10)1-2-6(5)12-8-7(11)13-15-14-8/h1-3H,(H,12,14). The van der Waals surface area contributed by atoms with E-state index in [0.717, 1.165) is 21.9 Å². The number of nitrogens with zero attached hydrogens (tertiary/aromatic N) is 2. The van der Waals surface area contributed by atoms with Crippen LogP contribution in [0.2, 0.25) is 10.2 Å². The second-order valence-electron chi connectivity index (χ2n) is 2.65. The predicted molar refractivity (Wildman–Crippen MR) is 67.4 cm³/mol. The van der Waals surface area contributed by atoms with Gasteiger partial charge >= 0.3 is 0 Å². The second-order valence-corrected chi connectivity index (χ2v) is 4.83. The summed E-state index contributed by atoms with van der Waals surface area (Å²) < 4.78 is 8.71. The fourth-order valence-corrected chi connectivity index (χ4v) is 2.40. The van der Waals surface area contributed by atoms with E-state index in [1.165, 1.54) is 0 Å². The zero-order valence-corrected chi connectivity index (χ0v) is 11.1. The zero-order valence-electron chi connectivity index (χ0n) is 7.17. The van der Waals surface area contributed by atoms with E-state index in [2.05, 4.69) is 30.0 Å². The third-order valence-electron chi connectivity index (χ3n) is 1.63. The number of benzene rings is 1. The number of anilines is 2. The van der Waals surface area contributed by atoms with Gasteiger partial charge < -0.3 is 5.32 Å². The quantitative estimate of drug-likeness (QED) is 0.892. The van der Waals surface area contributed by atoms with Crippen LogP contribution in [0.4, 0.5) is 11.5 Å². The van der Waals surface area contributed by atoms with Gasteiger partial charge in [-0.05, 0) is 34.1 Å². The van der Waals surface area contributed by atoms with Gasteiger partial charge in [0.25, 0.3) is 0 Å². The monoisotopic (exact) mass is 323 g/mol. The molecule has 0 saturated carbocycles. The Labute approximate surface area is 109 Å². The first-order chi connectivity index (χ1) is 7.16. The van der Waals surface area contributed by atoms with Crippen molar-refractivity contribution in [1.82, 2.24) is 8.75 Å². The van der Waals surface area contributed by atoms with Crippen molar-refractivity contribution in [2.24, 2.45) is 0 Å². The van der Waals surface area contributed by atoms with Crippen molar-refractivity contribution < 1.29 is 0 Å². The lowest BCUT2D eigenvalue weighted by Gasteiger charge is -2.05. The maximum Gasteiger partial charge on any atom is 0.187 e. The topological polar surface area (TPSA) is 37.8 Å². The maximum absolute atomic E-state index is 5.82. The van der Waals surface area contributed by atoms with Crippen molar-refractivity contribution >= 4 is 62.4 Å². The Morgan fingerprint density at radius 3 is 2.67 bits per heavy atom. The van der Waals surface area contributed by atoms with Crippen molar-refractivity contribution in [2.75, 3.05) is 5.32 Å². The molecule has 3 nitrogen and oxygen atoms in total. The van der Waals surface area contributed by atoms with E-state index >= 15 is 0 Å². The Kier molecular flexibility index (Phi) is 3.45. The van der Waals surface area contributed by atoms with E-state index in [1.807, 2.05) is 6.07 Å². The zero-order chi connectivity index (χ0) is 10.8. The van der Waals surface area contributed by atoms with Gasteiger partial charge in [0.15, 0.2) is 11.0 Å². The van der Waals surface area contributed by atoms with Crippen molar-refractivity contribution in [3.63, 3.8) is 0 Å². The van der Waals surface area contributed by atoms with Gasteiger partial charge in [-0.2, -0.15) is 8.75 Å². The Balaban J connectivity index is 2.29. The summed E-state index contributed by atoms with van der Waals surface area (Å²) in [6.07, 6.45) is 0. The third-order valence-corrected chi connectivity index (χ3v) is 3.42. The Bertz CT molecular complexity index is 488. The van der Waals surface area contributed by atoms with Crippen LogP contribution in [0.1, 0.15) is 0 Å². The van der Waals surface area contributed by atoms with Crippen molar-refractivity contribution in [3.8, 4) is 0 Å². The molecule has 0 aliphatic rings. The summed E-state index contributed by atoms with van der Waals surface area (Å²) in [6.45, 7) is 0. The average Bonchev–Trinajstić information content (AvgIpc) is 2.57. The lowest BCUT2D eigenvalue weighted by atomic mass is 10.3. The fraction of sp³-hybridized carbons (Fsp3) is 0. The first-order valence-corrected chi connectivity index (χ1v) is 6.15. The molecule has 15 heavy (non-hydrogen) atoms. The highest BCUT2D eigenvalue weighted by Crippen LogP contribution is 2.30. The maximum atomic E-state index is 5.82. The Morgan fingerprint density at radius 1 is 1.27 bits per heavy atom. The highest BCUT2D eigenvalue weighted by Gasteiger charge is 2.07. The van der Waals surface area contributed by atoms with Crippen LogP contribution in [-0.4, -0.2) is 8.75 Å². The van der Waals surface area contributed by atoms with E-state index in [9.17, 15) is 0 Å². The molecule has 1 heterocycles. The Hall–Kier alpha value is -0.360. The lowest BCUT2D eigenvalue weighted by molar-refractivity contribution is 1.44. The van der Waals surface area contributed by atoms with Crippen LogP contribution in [0.5, 0.6) is 0 Å². The molecule has 0 fully saturated rings. The second kappa shape index (κ2) is 4.65. The summed E-state index contributed by atoms with van der Waals surface area (Å²) in [5.41, 5.74) is 0.842. The van der Waals surface area contributed by atoms with Crippen LogP contribution in [-0.2, 0) is 0 Å².